The second-order valence-electron chi connectivity index (χ2n) is 6.56. The van der Waals surface area contributed by atoms with Gasteiger partial charge in [0.15, 0.2) is 0 Å². The van der Waals surface area contributed by atoms with Gasteiger partial charge in [-0.2, -0.15) is 0 Å². The SMILES string of the molecule is Cc1cc(C)c(S(=O)(=O)NCC(O)c2ccc(N(C)C)cc2)cc1C. The molecule has 0 bridgehead atoms. The van der Waals surface area contributed by atoms with Crippen LogP contribution in [-0.4, -0.2) is 34.2 Å². The summed E-state index contributed by atoms with van der Waals surface area (Å²) in [5.41, 5.74) is 4.36. The van der Waals surface area contributed by atoms with Crippen molar-refractivity contribution in [1.82, 2.24) is 4.72 Å². The lowest BCUT2D eigenvalue weighted by atomic mass is 10.1. The number of rotatable bonds is 6. The summed E-state index contributed by atoms with van der Waals surface area (Å²) in [6.07, 6.45) is -0.905. The minimum absolute atomic E-state index is 0.0734. The fourth-order valence-electron chi connectivity index (χ4n) is 2.60. The molecule has 5 nitrogen and oxygen atoms in total. The monoisotopic (exact) mass is 362 g/mol. The standard InChI is InChI=1S/C19H26N2O3S/c1-13-10-15(3)19(11-14(13)2)25(23,24)20-12-18(22)16-6-8-17(9-7-16)21(4)5/h6-11,18,20,22H,12H2,1-5H3. The Balaban J connectivity index is 2.12. The van der Waals surface area contributed by atoms with Gasteiger partial charge < -0.3 is 10.0 Å². The minimum atomic E-state index is -3.67. The van der Waals surface area contributed by atoms with Gasteiger partial charge in [0.1, 0.15) is 0 Å². The number of nitrogens with one attached hydrogen (secondary N) is 1. The highest BCUT2D eigenvalue weighted by Gasteiger charge is 2.19. The zero-order chi connectivity index (χ0) is 18.8. The molecule has 0 aliphatic carbocycles. The number of hydrogen-bond acceptors (Lipinski definition) is 4. The summed E-state index contributed by atoms with van der Waals surface area (Å²) >= 11 is 0. The second kappa shape index (κ2) is 7.56. The van der Waals surface area contributed by atoms with Crippen LogP contribution in [0.5, 0.6) is 0 Å². The second-order valence-corrected chi connectivity index (χ2v) is 8.29. The van der Waals surface area contributed by atoms with Gasteiger partial charge in [0.05, 0.1) is 11.0 Å². The van der Waals surface area contributed by atoms with E-state index in [-0.39, 0.29) is 11.4 Å². The van der Waals surface area contributed by atoms with Crippen LogP contribution >= 0.6 is 0 Å². The quantitative estimate of drug-likeness (QED) is 0.829. The fourth-order valence-corrected chi connectivity index (χ4v) is 3.95. The number of aliphatic hydroxyl groups is 1. The van der Waals surface area contributed by atoms with E-state index in [1.54, 1.807) is 25.1 Å². The smallest absolute Gasteiger partial charge is 0.240 e. The zero-order valence-electron chi connectivity index (χ0n) is 15.4. The highest BCUT2D eigenvalue weighted by molar-refractivity contribution is 7.89. The van der Waals surface area contributed by atoms with Gasteiger partial charge in [0.2, 0.25) is 10.0 Å². The van der Waals surface area contributed by atoms with Gasteiger partial charge in [-0.1, -0.05) is 18.2 Å². The molecule has 0 amide bonds. The Morgan fingerprint density at radius 2 is 1.56 bits per heavy atom. The maximum Gasteiger partial charge on any atom is 0.240 e. The van der Waals surface area contributed by atoms with Crippen molar-refractivity contribution < 1.29 is 13.5 Å². The van der Waals surface area contributed by atoms with E-state index in [4.69, 9.17) is 0 Å². The van der Waals surface area contributed by atoms with Gasteiger partial charge in [-0.3, -0.25) is 0 Å². The summed E-state index contributed by atoms with van der Waals surface area (Å²) in [5, 5.41) is 10.3. The number of aliphatic hydroxyl groups excluding tert-OH is 1. The van der Waals surface area contributed by atoms with Crippen LogP contribution in [0.1, 0.15) is 28.4 Å². The normalized spacial score (nSPS) is 12.9. The van der Waals surface area contributed by atoms with Crippen LogP contribution in [0.3, 0.4) is 0 Å². The highest BCUT2D eigenvalue weighted by Crippen LogP contribution is 2.21. The van der Waals surface area contributed by atoms with E-state index in [9.17, 15) is 13.5 Å². The lowest BCUT2D eigenvalue weighted by molar-refractivity contribution is 0.182. The molecule has 0 radical (unpaired) electrons. The third kappa shape index (κ3) is 4.60. The molecule has 2 N–H and O–H groups in total. The molecule has 2 aromatic rings. The molecule has 0 aromatic heterocycles. The van der Waals surface area contributed by atoms with Crippen LogP contribution in [0, 0.1) is 20.8 Å². The van der Waals surface area contributed by atoms with E-state index in [1.807, 2.05) is 51.0 Å². The Hall–Kier alpha value is -1.89. The van der Waals surface area contributed by atoms with Crippen LogP contribution in [0.15, 0.2) is 41.3 Å². The predicted molar refractivity (Wildman–Crippen MR) is 102 cm³/mol. The number of anilines is 1. The van der Waals surface area contributed by atoms with Crippen molar-refractivity contribution in [3.8, 4) is 0 Å². The van der Waals surface area contributed by atoms with E-state index in [0.29, 0.717) is 11.1 Å². The maximum atomic E-state index is 12.6. The molecule has 2 rings (SSSR count). The van der Waals surface area contributed by atoms with Gasteiger partial charge in [0.25, 0.3) is 0 Å². The van der Waals surface area contributed by atoms with Crippen molar-refractivity contribution in [2.24, 2.45) is 0 Å². The van der Waals surface area contributed by atoms with Crippen molar-refractivity contribution in [3.05, 3.63) is 58.7 Å². The van der Waals surface area contributed by atoms with Crippen molar-refractivity contribution in [3.63, 3.8) is 0 Å². The molecule has 136 valence electrons. The number of sulfonamides is 1. The van der Waals surface area contributed by atoms with Gasteiger partial charge in [-0.05, 0) is 61.2 Å². The Morgan fingerprint density at radius 1 is 1.00 bits per heavy atom. The largest absolute Gasteiger partial charge is 0.387 e. The summed E-state index contributed by atoms with van der Waals surface area (Å²) in [5.74, 6) is 0. The Kier molecular flexibility index (Phi) is 5.87. The average Bonchev–Trinajstić information content (AvgIpc) is 2.56. The molecule has 0 aliphatic heterocycles. The van der Waals surface area contributed by atoms with E-state index in [2.05, 4.69) is 4.72 Å². The third-order valence-corrected chi connectivity index (χ3v) is 5.91. The van der Waals surface area contributed by atoms with Gasteiger partial charge in [0, 0.05) is 26.3 Å². The molecular formula is C19H26N2O3S. The Morgan fingerprint density at radius 3 is 2.12 bits per heavy atom. The molecule has 25 heavy (non-hydrogen) atoms. The minimum Gasteiger partial charge on any atom is -0.387 e. The maximum absolute atomic E-state index is 12.6. The van der Waals surface area contributed by atoms with Crippen molar-refractivity contribution in [1.29, 1.82) is 0 Å². The molecule has 1 unspecified atom stereocenters. The molecule has 6 heteroatoms. The fraction of sp³-hybridized carbons (Fsp3) is 0.368. The van der Waals surface area contributed by atoms with Crippen LogP contribution in [-0.2, 0) is 10.0 Å². The van der Waals surface area contributed by atoms with E-state index >= 15 is 0 Å². The molecule has 0 saturated carbocycles. The summed E-state index contributed by atoms with van der Waals surface area (Å²) in [6.45, 7) is 5.54. The van der Waals surface area contributed by atoms with E-state index in [1.165, 1.54) is 0 Å². The van der Waals surface area contributed by atoms with Gasteiger partial charge in [-0.25, -0.2) is 13.1 Å². The molecule has 0 saturated heterocycles. The van der Waals surface area contributed by atoms with Crippen LogP contribution in [0.25, 0.3) is 0 Å². The highest BCUT2D eigenvalue weighted by atomic mass is 32.2. The van der Waals surface area contributed by atoms with Crippen LogP contribution < -0.4 is 9.62 Å². The Labute approximate surface area is 150 Å². The first-order chi connectivity index (χ1) is 11.6. The van der Waals surface area contributed by atoms with E-state index in [0.717, 1.165) is 16.8 Å². The lowest BCUT2D eigenvalue weighted by Gasteiger charge is -2.16. The summed E-state index contributed by atoms with van der Waals surface area (Å²) in [7, 11) is 0.199. The topological polar surface area (TPSA) is 69.6 Å². The van der Waals surface area contributed by atoms with Crippen molar-refractivity contribution >= 4 is 15.7 Å². The Bertz CT molecular complexity index is 844. The molecular weight excluding hydrogens is 336 g/mol. The lowest BCUT2D eigenvalue weighted by Crippen LogP contribution is -2.29. The number of benzene rings is 2. The summed E-state index contributed by atoms with van der Waals surface area (Å²) in [4.78, 5) is 2.22. The van der Waals surface area contributed by atoms with Crippen LogP contribution in [0.4, 0.5) is 5.69 Å². The summed E-state index contributed by atoms with van der Waals surface area (Å²) < 4.78 is 27.6. The predicted octanol–water partition coefficient (Wildman–Crippen LogP) is 2.69. The third-order valence-electron chi connectivity index (χ3n) is 4.34. The zero-order valence-corrected chi connectivity index (χ0v) is 16.2. The molecule has 0 spiro atoms. The first-order valence-corrected chi connectivity index (χ1v) is 9.63. The summed E-state index contributed by atoms with van der Waals surface area (Å²) in [6, 6.07) is 10.9. The average molecular weight is 362 g/mol. The first kappa shape index (κ1) is 19.4. The van der Waals surface area contributed by atoms with Crippen molar-refractivity contribution in [2.45, 2.75) is 31.8 Å². The number of nitrogens with zero attached hydrogens (tertiary/aromatic N) is 1. The molecule has 2 aromatic carbocycles. The van der Waals surface area contributed by atoms with Crippen LogP contribution in [0.2, 0.25) is 0 Å². The number of hydrogen-bond donors (Lipinski definition) is 2. The van der Waals surface area contributed by atoms with Crippen molar-refractivity contribution in [2.75, 3.05) is 25.5 Å². The molecule has 0 fully saturated rings. The van der Waals surface area contributed by atoms with Gasteiger partial charge >= 0.3 is 0 Å². The molecule has 1 atom stereocenters. The van der Waals surface area contributed by atoms with Gasteiger partial charge in [-0.15, -0.1) is 0 Å². The molecule has 0 aliphatic rings. The van der Waals surface area contributed by atoms with E-state index < -0.39 is 16.1 Å². The number of aryl methyl sites for hydroxylation is 3. The molecule has 0 heterocycles. The first-order valence-electron chi connectivity index (χ1n) is 8.14.